The Kier molecular flexibility index (Phi) is 7.60. The van der Waals surface area contributed by atoms with Crippen LogP contribution in [0.25, 0.3) is 11.3 Å². The number of carbonyl (C=O) groups excluding carboxylic acids is 2. The van der Waals surface area contributed by atoms with Crippen LogP contribution in [0.5, 0.6) is 11.5 Å². The average Bonchev–Trinajstić information content (AvgIpc) is 3.38. The third-order valence-electron chi connectivity index (χ3n) is 5.33. The maximum Gasteiger partial charge on any atom is 0.255 e. The van der Waals surface area contributed by atoms with Crippen molar-refractivity contribution in [1.82, 2.24) is 4.98 Å². The molecule has 9 heteroatoms. The van der Waals surface area contributed by atoms with Crippen LogP contribution in [0.15, 0.2) is 77.3 Å². The van der Waals surface area contributed by atoms with E-state index in [4.69, 9.17) is 13.9 Å². The number of hydrogen-bond donors (Lipinski definition) is 2. The normalized spacial score (nSPS) is 10.5. The zero-order valence-electron chi connectivity index (χ0n) is 19.7. The molecule has 1 heterocycles. The maximum atomic E-state index is 13.1. The van der Waals surface area contributed by atoms with Gasteiger partial charge in [0.05, 0.1) is 31.8 Å². The summed E-state index contributed by atoms with van der Waals surface area (Å²) < 4.78 is 29.6. The van der Waals surface area contributed by atoms with Gasteiger partial charge in [0.2, 0.25) is 5.91 Å². The summed E-state index contributed by atoms with van der Waals surface area (Å²) in [5.74, 6) is 0.637. The van der Waals surface area contributed by atoms with E-state index in [1.54, 1.807) is 48.5 Å². The number of halogens is 1. The van der Waals surface area contributed by atoms with E-state index in [1.807, 2.05) is 6.07 Å². The molecule has 0 spiro atoms. The SMILES string of the molecule is COc1cc(NC(=O)c2ccccc2)c(OC)cc1NC(=O)CCc1ncc(-c2ccc(F)cc2)o1. The first-order valence-electron chi connectivity index (χ1n) is 11.1. The second-order valence-corrected chi connectivity index (χ2v) is 7.75. The van der Waals surface area contributed by atoms with Crippen LogP contribution in [-0.4, -0.2) is 31.0 Å². The Labute approximate surface area is 207 Å². The predicted molar refractivity (Wildman–Crippen MR) is 133 cm³/mol. The predicted octanol–water partition coefficient (Wildman–Crippen LogP) is 5.32. The highest BCUT2D eigenvalue weighted by Crippen LogP contribution is 2.37. The molecule has 0 aliphatic carbocycles. The summed E-state index contributed by atoms with van der Waals surface area (Å²) in [7, 11) is 2.93. The first-order chi connectivity index (χ1) is 17.5. The van der Waals surface area contributed by atoms with Gasteiger partial charge < -0.3 is 24.5 Å². The molecule has 1 aromatic heterocycles. The quantitative estimate of drug-likeness (QED) is 0.330. The Morgan fingerprint density at radius 3 is 2.19 bits per heavy atom. The van der Waals surface area contributed by atoms with Gasteiger partial charge in [-0.1, -0.05) is 18.2 Å². The van der Waals surface area contributed by atoms with Crippen LogP contribution in [-0.2, 0) is 11.2 Å². The van der Waals surface area contributed by atoms with E-state index in [-0.39, 0.29) is 30.5 Å². The molecule has 0 saturated carbocycles. The molecule has 3 aromatic carbocycles. The molecule has 0 aliphatic heterocycles. The van der Waals surface area contributed by atoms with E-state index < -0.39 is 0 Å². The summed E-state index contributed by atoms with van der Waals surface area (Å²) in [5, 5.41) is 5.60. The molecule has 8 nitrogen and oxygen atoms in total. The van der Waals surface area contributed by atoms with Crippen LogP contribution in [0.4, 0.5) is 15.8 Å². The summed E-state index contributed by atoms with van der Waals surface area (Å²) in [6.07, 6.45) is 1.90. The number of carbonyl (C=O) groups is 2. The maximum absolute atomic E-state index is 13.1. The van der Waals surface area contributed by atoms with Gasteiger partial charge in [-0.3, -0.25) is 9.59 Å². The van der Waals surface area contributed by atoms with Crippen molar-refractivity contribution in [2.24, 2.45) is 0 Å². The first-order valence-corrected chi connectivity index (χ1v) is 11.1. The first kappa shape index (κ1) is 24.5. The standard InChI is InChI=1S/C27H24FN3O5/c1-34-22-15-21(31-27(33)18-6-4-3-5-7-18)23(35-2)14-20(22)30-25(32)12-13-26-29-16-24(36-26)17-8-10-19(28)11-9-17/h3-11,14-16H,12-13H2,1-2H3,(H,30,32)(H,31,33). The molecule has 36 heavy (non-hydrogen) atoms. The van der Waals surface area contributed by atoms with Crippen molar-refractivity contribution in [3.8, 4) is 22.8 Å². The fourth-order valence-corrected chi connectivity index (χ4v) is 3.48. The molecule has 4 rings (SSSR count). The molecule has 2 amide bonds. The molecule has 0 radical (unpaired) electrons. The topological polar surface area (TPSA) is 103 Å². The third-order valence-corrected chi connectivity index (χ3v) is 5.33. The smallest absolute Gasteiger partial charge is 0.255 e. The van der Waals surface area contributed by atoms with Gasteiger partial charge >= 0.3 is 0 Å². The Hall–Kier alpha value is -4.66. The third kappa shape index (κ3) is 5.87. The Bertz CT molecular complexity index is 1350. The van der Waals surface area contributed by atoms with Crippen molar-refractivity contribution >= 4 is 23.2 Å². The van der Waals surface area contributed by atoms with Gasteiger partial charge in [-0.05, 0) is 36.4 Å². The molecule has 4 aromatic rings. The molecule has 0 fully saturated rings. The lowest BCUT2D eigenvalue weighted by molar-refractivity contribution is -0.116. The van der Waals surface area contributed by atoms with E-state index in [2.05, 4.69) is 15.6 Å². The fourth-order valence-electron chi connectivity index (χ4n) is 3.48. The Balaban J connectivity index is 1.41. The number of methoxy groups -OCH3 is 2. The molecule has 0 atom stereocenters. The number of amides is 2. The van der Waals surface area contributed by atoms with E-state index in [9.17, 15) is 14.0 Å². The number of oxazole rings is 1. The van der Waals surface area contributed by atoms with Crippen LogP contribution in [0.1, 0.15) is 22.7 Å². The molecule has 0 unspecified atom stereocenters. The summed E-state index contributed by atoms with van der Waals surface area (Å²) in [6.45, 7) is 0. The van der Waals surface area contributed by atoms with Crippen molar-refractivity contribution in [3.63, 3.8) is 0 Å². The number of benzene rings is 3. The van der Waals surface area contributed by atoms with Gasteiger partial charge in [-0.2, -0.15) is 0 Å². The van der Waals surface area contributed by atoms with Crippen LogP contribution in [0.3, 0.4) is 0 Å². The van der Waals surface area contributed by atoms with Crippen molar-refractivity contribution in [2.75, 3.05) is 24.9 Å². The summed E-state index contributed by atoms with van der Waals surface area (Å²) in [6, 6.07) is 17.8. The minimum Gasteiger partial charge on any atom is -0.494 e. The summed E-state index contributed by atoms with van der Waals surface area (Å²) in [4.78, 5) is 29.4. The van der Waals surface area contributed by atoms with E-state index in [1.165, 1.54) is 32.5 Å². The van der Waals surface area contributed by atoms with Gasteiger partial charge in [0.25, 0.3) is 5.91 Å². The van der Waals surface area contributed by atoms with Gasteiger partial charge in [0, 0.05) is 36.1 Å². The molecule has 0 saturated heterocycles. The highest BCUT2D eigenvalue weighted by molar-refractivity contribution is 6.05. The van der Waals surface area contributed by atoms with Crippen LogP contribution >= 0.6 is 0 Å². The fraction of sp³-hybridized carbons (Fsp3) is 0.148. The number of anilines is 2. The number of ether oxygens (including phenoxy) is 2. The number of aromatic nitrogens is 1. The number of nitrogens with one attached hydrogen (secondary N) is 2. The average molecular weight is 490 g/mol. The summed E-state index contributed by atoms with van der Waals surface area (Å²) >= 11 is 0. The van der Waals surface area contributed by atoms with Crippen molar-refractivity contribution in [3.05, 3.63) is 90.2 Å². The largest absolute Gasteiger partial charge is 0.494 e. The van der Waals surface area contributed by atoms with E-state index >= 15 is 0 Å². The number of rotatable bonds is 9. The van der Waals surface area contributed by atoms with Crippen molar-refractivity contribution < 1.29 is 27.9 Å². The number of hydrogen-bond acceptors (Lipinski definition) is 6. The molecule has 0 bridgehead atoms. The molecule has 2 N–H and O–H groups in total. The Morgan fingerprint density at radius 2 is 1.56 bits per heavy atom. The van der Waals surface area contributed by atoms with E-state index in [0.29, 0.717) is 45.7 Å². The van der Waals surface area contributed by atoms with Crippen molar-refractivity contribution in [2.45, 2.75) is 12.8 Å². The Morgan fingerprint density at radius 1 is 0.917 bits per heavy atom. The van der Waals surface area contributed by atoms with Crippen LogP contribution < -0.4 is 20.1 Å². The summed E-state index contributed by atoms with van der Waals surface area (Å²) in [5.41, 5.74) is 1.96. The molecule has 0 aliphatic rings. The molecule has 184 valence electrons. The van der Waals surface area contributed by atoms with Gasteiger partial charge in [0.15, 0.2) is 11.7 Å². The van der Waals surface area contributed by atoms with Crippen LogP contribution in [0.2, 0.25) is 0 Å². The minimum atomic E-state index is -0.339. The van der Waals surface area contributed by atoms with Crippen LogP contribution in [0, 0.1) is 5.82 Å². The highest BCUT2D eigenvalue weighted by Gasteiger charge is 2.17. The monoisotopic (exact) mass is 489 g/mol. The van der Waals surface area contributed by atoms with Crippen molar-refractivity contribution in [1.29, 1.82) is 0 Å². The highest BCUT2D eigenvalue weighted by atomic mass is 19.1. The number of aryl methyl sites for hydroxylation is 1. The zero-order valence-corrected chi connectivity index (χ0v) is 19.7. The minimum absolute atomic E-state index is 0.0985. The second-order valence-electron chi connectivity index (χ2n) is 7.75. The van der Waals surface area contributed by atoms with Gasteiger partial charge in [-0.25, -0.2) is 9.37 Å². The van der Waals surface area contributed by atoms with E-state index in [0.717, 1.165) is 0 Å². The van der Waals surface area contributed by atoms with Gasteiger partial charge in [0.1, 0.15) is 17.3 Å². The lowest BCUT2D eigenvalue weighted by Gasteiger charge is -2.16. The second kappa shape index (κ2) is 11.2. The lowest BCUT2D eigenvalue weighted by atomic mass is 10.2. The number of nitrogens with zero attached hydrogens (tertiary/aromatic N) is 1. The molecular formula is C27H24FN3O5. The zero-order chi connectivity index (χ0) is 25.5. The molecular weight excluding hydrogens is 465 g/mol. The lowest BCUT2D eigenvalue weighted by Crippen LogP contribution is -2.15. The van der Waals surface area contributed by atoms with Gasteiger partial charge in [-0.15, -0.1) is 0 Å².